The molecule has 3 unspecified atom stereocenters. The van der Waals surface area contributed by atoms with Gasteiger partial charge in [0.15, 0.2) is 0 Å². The van der Waals surface area contributed by atoms with Gasteiger partial charge >= 0.3 is 0 Å². The molecule has 1 N–H and O–H groups in total. The van der Waals surface area contributed by atoms with Crippen LogP contribution in [0.2, 0.25) is 0 Å². The normalized spacial score (nSPS) is 32.6. The van der Waals surface area contributed by atoms with Crippen molar-refractivity contribution in [1.82, 2.24) is 10.2 Å². The predicted molar refractivity (Wildman–Crippen MR) is 69.7 cm³/mol. The van der Waals surface area contributed by atoms with Crippen molar-refractivity contribution in [2.24, 2.45) is 5.92 Å². The molecule has 0 saturated carbocycles. The van der Waals surface area contributed by atoms with Crippen molar-refractivity contribution >= 4 is 0 Å². The molecule has 0 aromatic heterocycles. The highest BCUT2D eigenvalue weighted by atomic mass is 15.2. The number of piperidine rings is 1. The highest BCUT2D eigenvalue weighted by Crippen LogP contribution is 2.26. The summed E-state index contributed by atoms with van der Waals surface area (Å²) >= 11 is 0. The molecule has 16 heavy (non-hydrogen) atoms. The van der Waals surface area contributed by atoms with Crippen molar-refractivity contribution < 1.29 is 0 Å². The molecule has 0 aromatic rings. The molecule has 2 heteroatoms. The molecular weight excluding hydrogens is 196 g/mol. The molecular formula is C14H28N2. The molecule has 2 fully saturated rings. The molecule has 0 aliphatic carbocycles. The highest BCUT2D eigenvalue weighted by molar-refractivity contribution is 4.89. The second-order valence-electron chi connectivity index (χ2n) is 5.86. The molecule has 2 rings (SSSR count). The van der Waals surface area contributed by atoms with Crippen LogP contribution >= 0.6 is 0 Å². The summed E-state index contributed by atoms with van der Waals surface area (Å²) in [5, 5.41) is 3.79. The number of nitrogens with one attached hydrogen (secondary N) is 1. The Hall–Kier alpha value is -0.0800. The summed E-state index contributed by atoms with van der Waals surface area (Å²) in [5.74, 6) is 0.853. The van der Waals surface area contributed by atoms with Gasteiger partial charge in [-0.15, -0.1) is 0 Å². The van der Waals surface area contributed by atoms with Crippen LogP contribution in [0.5, 0.6) is 0 Å². The zero-order valence-corrected chi connectivity index (χ0v) is 11.0. The Balaban J connectivity index is 1.67. The fourth-order valence-corrected chi connectivity index (χ4v) is 3.37. The Kier molecular flexibility index (Phi) is 4.66. The van der Waals surface area contributed by atoms with E-state index in [4.69, 9.17) is 0 Å². The monoisotopic (exact) mass is 224 g/mol. The van der Waals surface area contributed by atoms with Gasteiger partial charge in [-0.25, -0.2) is 0 Å². The van der Waals surface area contributed by atoms with Crippen LogP contribution in [0.1, 0.15) is 52.4 Å². The summed E-state index contributed by atoms with van der Waals surface area (Å²) in [6.07, 6.45) is 8.35. The molecule has 0 bridgehead atoms. The average Bonchev–Trinajstić information content (AvgIpc) is 2.74. The first kappa shape index (κ1) is 12.4. The summed E-state index contributed by atoms with van der Waals surface area (Å²) < 4.78 is 0. The molecule has 2 heterocycles. The van der Waals surface area contributed by atoms with Crippen molar-refractivity contribution in [3.05, 3.63) is 0 Å². The zero-order chi connectivity index (χ0) is 11.4. The lowest BCUT2D eigenvalue weighted by molar-refractivity contribution is 0.164. The van der Waals surface area contributed by atoms with Crippen molar-refractivity contribution in [3.63, 3.8) is 0 Å². The summed E-state index contributed by atoms with van der Waals surface area (Å²) in [6, 6.07) is 1.71. The van der Waals surface area contributed by atoms with E-state index in [2.05, 4.69) is 24.1 Å². The van der Waals surface area contributed by atoms with Crippen LogP contribution in [0.15, 0.2) is 0 Å². The third kappa shape index (κ3) is 3.21. The van der Waals surface area contributed by atoms with Crippen molar-refractivity contribution in [1.29, 1.82) is 0 Å². The quantitative estimate of drug-likeness (QED) is 0.772. The number of rotatable bonds is 5. The van der Waals surface area contributed by atoms with Gasteiger partial charge in [-0.1, -0.05) is 20.3 Å². The van der Waals surface area contributed by atoms with Gasteiger partial charge in [0.25, 0.3) is 0 Å². The zero-order valence-electron chi connectivity index (χ0n) is 11.0. The lowest BCUT2D eigenvalue weighted by Gasteiger charge is -2.35. The van der Waals surface area contributed by atoms with Gasteiger partial charge < -0.3 is 10.2 Å². The van der Waals surface area contributed by atoms with E-state index in [1.54, 1.807) is 0 Å². The Bertz CT molecular complexity index is 205. The number of nitrogens with zero attached hydrogens (tertiary/aromatic N) is 1. The average molecular weight is 224 g/mol. The summed E-state index contributed by atoms with van der Waals surface area (Å²) in [7, 11) is 0. The van der Waals surface area contributed by atoms with Crippen molar-refractivity contribution in [2.75, 3.05) is 19.6 Å². The van der Waals surface area contributed by atoms with Crippen LogP contribution in [0.3, 0.4) is 0 Å². The molecule has 0 amide bonds. The minimum Gasteiger partial charge on any atom is -0.314 e. The van der Waals surface area contributed by atoms with E-state index in [1.807, 2.05) is 0 Å². The standard InChI is InChI=1S/C14H28N2/c1-3-5-12(2)11-15-13-7-9-16-8-4-6-14(16)10-13/h12-15H,3-11H2,1-2H3. The minimum absolute atomic E-state index is 0.804. The van der Waals surface area contributed by atoms with Gasteiger partial charge in [0.2, 0.25) is 0 Å². The van der Waals surface area contributed by atoms with E-state index in [0.717, 1.165) is 18.0 Å². The van der Waals surface area contributed by atoms with E-state index in [9.17, 15) is 0 Å². The highest BCUT2D eigenvalue weighted by Gasteiger charge is 2.31. The molecule has 94 valence electrons. The Morgan fingerprint density at radius 1 is 1.31 bits per heavy atom. The molecule has 0 spiro atoms. The van der Waals surface area contributed by atoms with Crippen LogP contribution in [0.25, 0.3) is 0 Å². The Morgan fingerprint density at radius 2 is 2.19 bits per heavy atom. The van der Waals surface area contributed by atoms with Gasteiger partial charge in [0, 0.05) is 12.1 Å². The first-order valence-electron chi connectivity index (χ1n) is 7.27. The minimum atomic E-state index is 0.804. The van der Waals surface area contributed by atoms with E-state index in [0.29, 0.717) is 0 Å². The lowest BCUT2D eigenvalue weighted by Crippen LogP contribution is -2.46. The maximum atomic E-state index is 3.79. The number of fused-ring (bicyclic) bond motifs is 1. The fourth-order valence-electron chi connectivity index (χ4n) is 3.37. The molecule has 2 aliphatic rings. The van der Waals surface area contributed by atoms with Crippen LogP contribution < -0.4 is 5.32 Å². The number of hydrogen-bond donors (Lipinski definition) is 1. The van der Waals surface area contributed by atoms with E-state index in [1.165, 1.54) is 58.2 Å². The Morgan fingerprint density at radius 3 is 3.00 bits per heavy atom. The third-order valence-corrected chi connectivity index (χ3v) is 4.36. The van der Waals surface area contributed by atoms with Crippen molar-refractivity contribution in [3.8, 4) is 0 Å². The fraction of sp³-hybridized carbons (Fsp3) is 1.00. The second-order valence-corrected chi connectivity index (χ2v) is 5.86. The molecule has 2 saturated heterocycles. The summed E-state index contributed by atoms with van der Waals surface area (Å²) in [4.78, 5) is 2.70. The van der Waals surface area contributed by atoms with E-state index >= 15 is 0 Å². The third-order valence-electron chi connectivity index (χ3n) is 4.36. The molecule has 3 atom stereocenters. The molecule has 0 aromatic carbocycles. The van der Waals surface area contributed by atoms with Crippen molar-refractivity contribution in [2.45, 2.75) is 64.5 Å². The maximum absolute atomic E-state index is 3.79. The van der Waals surface area contributed by atoms with Gasteiger partial charge in [-0.05, 0) is 57.7 Å². The van der Waals surface area contributed by atoms with Crippen LogP contribution in [-0.2, 0) is 0 Å². The first-order chi connectivity index (χ1) is 7.79. The lowest BCUT2D eigenvalue weighted by atomic mass is 9.96. The first-order valence-corrected chi connectivity index (χ1v) is 7.27. The molecule has 2 nitrogen and oxygen atoms in total. The smallest absolute Gasteiger partial charge is 0.0111 e. The molecule has 0 radical (unpaired) electrons. The summed E-state index contributed by atoms with van der Waals surface area (Å²) in [6.45, 7) is 8.59. The van der Waals surface area contributed by atoms with E-state index in [-0.39, 0.29) is 0 Å². The summed E-state index contributed by atoms with van der Waals surface area (Å²) in [5.41, 5.74) is 0. The van der Waals surface area contributed by atoms with Crippen LogP contribution in [-0.4, -0.2) is 36.6 Å². The van der Waals surface area contributed by atoms with Gasteiger partial charge in [-0.3, -0.25) is 0 Å². The molecule has 2 aliphatic heterocycles. The second kappa shape index (κ2) is 6.02. The SMILES string of the molecule is CCCC(C)CNC1CCN2CCCC2C1. The van der Waals surface area contributed by atoms with Gasteiger partial charge in [0.05, 0.1) is 0 Å². The largest absolute Gasteiger partial charge is 0.314 e. The maximum Gasteiger partial charge on any atom is 0.0111 e. The van der Waals surface area contributed by atoms with Gasteiger partial charge in [0.1, 0.15) is 0 Å². The topological polar surface area (TPSA) is 15.3 Å². The number of hydrogen-bond acceptors (Lipinski definition) is 2. The predicted octanol–water partition coefficient (Wildman–Crippen LogP) is 2.64. The van der Waals surface area contributed by atoms with E-state index < -0.39 is 0 Å². The van der Waals surface area contributed by atoms with Gasteiger partial charge in [-0.2, -0.15) is 0 Å². The Labute approximate surface area is 101 Å². The van der Waals surface area contributed by atoms with Crippen LogP contribution in [0.4, 0.5) is 0 Å². The van der Waals surface area contributed by atoms with Crippen LogP contribution in [0, 0.1) is 5.92 Å².